The number of hydrogen-bond acceptors (Lipinski definition) is 6. The smallest absolute Gasteiger partial charge is 0.191 e. The molecule has 8 heteroatoms. The molecule has 114 valence electrons. The fourth-order valence-electron chi connectivity index (χ4n) is 2.67. The van der Waals surface area contributed by atoms with E-state index >= 15 is 0 Å². The van der Waals surface area contributed by atoms with Gasteiger partial charge in [0.15, 0.2) is 5.16 Å². The molecule has 2 N–H and O–H groups in total. The van der Waals surface area contributed by atoms with Gasteiger partial charge in [0.1, 0.15) is 17.5 Å². The van der Waals surface area contributed by atoms with Crippen molar-refractivity contribution < 1.29 is 0 Å². The SMILES string of the molecule is CC(C)n1c(CN)nnc1SCc1nnc2n1CCCC2. The molecule has 21 heavy (non-hydrogen) atoms. The molecule has 7 nitrogen and oxygen atoms in total. The summed E-state index contributed by atoms with van der Waals surface area (Å²) in [5.74, 6) is 3.74. The number of aromatic nitrogens is 6. The van der Waals surface area contributed by atoms with E-state index in [1.54, 1.807) is 11.8 Å². The van der Waals surface area contributed by atoms with Crippen LogP contribution in [0.4, 0.5) is 0 Å². The Hall–Kier alpha value is -1.41. The minimum absolute atomic E-state index is 0.299. The highest BCUT2D eigenvalue weighted by molar-refractivity contribution is 7.98. The zero-order valence-corrected chi connectivity index (χ0v) is 13.3. The maximum absolute atomic E-state index is 5.72. The average Bonchev–Trinajstić information content (AvgIpc) is 3.08. The second-order valence-corrected chi connectivity index (χ2v) is 6.44. The molecule has 3 heterocycles. The van der Waals surface area contributed by atoms with Crippen molar-refractivity contribution in [1.29, 1.82) is 0 Å². The van der Waals surface area contributed by atoms with Crippen molar-refractivity contribution in [2.24, 2.45) is 5.73 Å². The van der Waals surface area contributed by atoms with Crippen molar-refractivity contribution in [1.82, 2.24) is 29.5 Å². The standard InChI is InChI=1S/C13H21N7S/c1-9(2)20-11(7-14)16-18-13(20)21-8-12-17-15-10-5-3-4-6-19(10)12/h9H,3-8,14H2,1-2H3. The third kappa shape index (κ3) is 2.82. The normalized spacial score (nSPS) is 14.7. The number of hydrogen-bond donors (Lipinski definition) is 1. The van der Waals surface area contributed by atoms with Crippen molar-refractivity contribution in [3.05, 3.63) is 17.5 Å². The predicted molar refractivity (Wildman–Crippen MR) is 80.8 cm³/mol. The lowest BCUT2D eigenvalue weighted by molar-refractivity contribution is 0.512. The van der Waals surface area contributed by atoms with Gasteiger partial charge >= 0.3 is 0 Å². The summed E-state index contributed by atoms with van der Waals surface area (Å²) in [7, 11) is 0. The maximum Gasteiger partial charge on any atom is 0.191 e. The molecule has 1 aliphatic rings. The van der Waals surface area contributed by atoms with Crippen LogP contribution in [0.25, 0.3) is 0 Å². The zero-order chi connectivity index (χ0) is 14.8. The first kappa shape index (κ1) is 14.5. The Morgan fingerprint density at radius 1 is 1.14 bits per heavy atom. The molecule has 3 rings (SSSR count). The Morgan fingerprint density at radius 2 is 1.95 bits per heavy atom. The lowest BCUT2D eigenvalue weighted by Gasteiger charge is -2.15. The van der Waals surface area contributed by atoms with Gasteiger partial charge in [0.05, 0.1) is 12.3 Å². The van der Waals surface area contributed by atoms with Gasteiger partial charge in [-0.05, 0) is 26.7 Å². The lowest BCUT2D eigenvalue weighted by atomic mass is 10.2. The Kier molecular flexibility index (Phi) is 4.25. The van der Waals surface area contributed by atoms with Crippen LogP contribution in [0.5, 0.6) is 0 Å². The zero-order valence-electron chi connectivity index (χ0n) is 12.5. The molecule has 0 saturated heterocycles. The molecule has 1 aliphatic heterocycles. The Bertz CT molecular complexity index is 616. The number of rotatable bonds is 5. The molecule has 0 amide bonds. The van der Waals surface area contributed by atoms with E-state index < -0.39 is 0 Å². The van der Waals surface area contributed by atoms with E-state index in [4.69, 9.17) is 5.73 Å². The quantitative estimate of drug-likeness (QED) is 0.843. The van der Waals surface area contributed by atoms with Gasteiger partial charge in [-0.15, -0.1) is 20.4 Å². The van der Waals surface area contributed by atoms with Gasteiger partial charge in [-0.2, -0.15) is 0 Å². The minimum atomic E-state index is 0.299. The van der Waals surface area contributed by atoms with Gasteiger partial charge < -0.3 is 14.9 Å². The van der Waals surface area contributed by atoms with Crippen molar-refractivity contribution in [2.45, 2.75) is 63.2 Å². The van der Waals surface area contributed by atoms with Crippen molar-refractivity contribution in [2.75, 3.05) is 0 Å². The molecule has 0 saturated carbocycles. The Morgan fingerprint density at radius 3 is 2.71 bits per heavy atom. The summed E-state index contributed by atoms with van der Waals surface area (Å²) >= 11 is 1.65. The van der Waals surface area contributed by atoms with Gasteiger partial charge in [-0.3, -0.25) is 0 Å². The summed E-state index contributed by atoms with van der Waals surface area (Å²) in [6.07, 6.45) is 3.46. The number of nitrogens with zero attached hydrogens (tertiary/aromatic N) is 6. The van der Waals surface area contributed by atoms with Crippen LogP contribution >= 0.6 is 11.8 Å². The molecule has 0 bridgehead atoms. The first-order valence-corrected chi connectivity index (χ1v) is 8.37. The predicted octanol–water partition coefficient (Wildman–Crippen LogP) is 1.54. The Labute approximate surface area is 128 Å². The molecule has 0 atom stereocenters. The molecule has 0 unspecified atom stereocenters. The van der Waals surface area contributed by atoms with Gasteiger partial charge in [0, 0.05) is 19.0 Å². The molecule has 0 aliphatic carbocycles. The largest absolute Gasteiger partial charge is 0.324 e. The number of nitrogens with two attached hydrogens (primary N) is 1. The monoisotopic (exact) mass is 307 g/mol. The second-order valence-electron chi connectivity index (χ2n) is 5.50. The third-order valence-corrected chi connectivity index (χ3v) is 4.64. The topological polar surface area (TPSA) is 87.4 Å². The molecule has 0 spiro atoms. The van der Waals surface area contributed by atoms with E-state index in [-0.39, 0.29) is 0 Å². The van der Waals surface area contributed by atoms with E-state index in [1.807, 2.05) is 0 Å². The van der Waals surface area contributed by atoms with Crippen LogP contribution in [-0.2, 0) is 25.3 Å². The molecule has 0 radical (unpaired) electrons. The maximum atomic E-state index is 5.72. The van der Waals surface area contributed by atoms with Crippen molar-refractivity contribution >= 4 is 11.8 Å². The summed E-state index contributed by atoms with van der Waals surface area (Å²) in [4.78, 5) is 0. The highest BCUT2D eigenvalue weighted by atomic mass is 32.2. The molecule has 0 aromatic carbocycles. The summed E-state index contributed by atoms with van der Waals surface area (Å²) in [5, 5.41) is 17.9. The van der Waals surface area contributed by atoms with Crippen LogP contribution in [0.2, 0.25) is 0 Å². The lowest BCUT2D eigenvalue weighted by Crippen LogP contribution is -2.13. The number of fused-ring (bicyclic) bond motifs is 1. The first-order chi connectivity index (χ1) is 10.2. The molecule has 0 fully saturated rings. The van der Waals surface area contributed by atoms with E-state index in [0.29, 0.717) is 12.6 Å². The minimum Gasteiger partial charge on any atom is -0.324 e. The van der Waals surface area contributed by atoms with Crippen LogP contribution in [-0.4, -0.2) is 29.5 Å². The molecular weight excluding hydrogens is 286 g/mol. The summed E-state index contributed by atoms with van der Waals surface area (Å²) < 4.78 is 4.34. The van der Waals surface area contributed by atoms with Crippen LogP contribution in [0.3, 0.4) is 0 Å². The number of thioether (sulfide) groups is 1. The van der Waals surface area contributed by atoms with Gasteiger partial charge in [-0.1, -0.05) is 11.8 Å². The van der Waals surface area contributed by atoms with Gasteiger partial charge in [0.25, 0.3) is 0 Å². The van der Waals surface area contributed by atoms with Crippen molar-refractivity contribution in [3.8, 4) is 0 Å². The number of aryl methyl sites for hydroxylation is 1. The van der Waals surface area contributed by atoms with Crippen LogP contribution in [0.1, 0.15) is 50.2 Å². The van der Waals surface area contributed by atoms with E-state index in [9.17, 15) is 0 Å². The third-order valence-electron chi connectivity index (χ3n) is 3.70. The van der Waals surface area contributed by atoms with Crippen LogP contribution < -0.4 is 5.73 Å². The highest BCUT2D eigenvalue weighted by Crippen LogP contribution is 2.25. The molecule has 2 aromatic heterocycles. The van der Waals surface area contributed by atoms with Gasteiger partial charge in [-0.25, -0.2) is 0 Å². The van der Waals surface area contributed by atoms with Crippen LogP contribution in [0, 0.1) is 0 Å². The van der Waals surface area contributed by atoms with E-state index in [1.165, 1.54) is 12.8 Å². The van der Waals surface area contributed by atoms with E-state index in [0.717, 1.165) is 41.3 Å². The Balaban J connectivity index is 1.76. The molecular formula is C13H21N7S. The summed E-state index contributed by atoms with van der Waals surface area (Å²) in [5.41, 5.74) is 5.72. The van der Waals surface area contributed by atoms with Crippen molar-refractivity contribution in [3.63, 3.8) is 0 Å². The van der Waals surface area contributed by atoms with E-state index in [2.05, 4.69) is 43.4 Å². The highest BCUT2D eigenvalue weighted by Gasteiger charge is 2.18. The first-order valence-electron chi connectivity index (χ1n) is 7.38. The molecule has 2 aromatic rings. The van der Waals surface area contributed by atoms with Crippen LogP contribution in [0.15, 0.2) is 5.16 Å². The fraction of sp³-hybridized carbons (Fsp3) is 0.692. The summed E-state index contributed by atoms with van der Waals surface area (Å²) in [6.45, 7) is 5.67. The average molecular weight is 307 g/mol. The van der Waals surface area contributed by atoms with Gasteiger partial charge in [0.2, 0.25) is 0 Å². The fourth-order valence-corrected chi connectivity index (χ4v) is 3.69. The second kappa shape index (κ2) is 6.15. The summed E-state index contributed by atoms with van der Waals surface area (Å²) in [6, 6.07) is 0.299.